The summed E-state index contributed by atoms with van der Waals surface area (Å²) in [5.41, 5.74) is 0.350. The van der Waals surface area contributed by atoms with E-state index in [4.69, 9.17) is 10.00 Å². The van der Waals surface area contributed by atoms with E-state index >= 15 is 0 Å². The van der Waals surface area contributed by atoms with Gasteiger partial charge in [-0.1, -0.05) is 24.3 Å². The van der Waals surface area contributed by atoms with Crippen LogP contribution in [0.2, 0.25) is 0 Å². The Hall–Kier alpha value is -4.23. The van der Waals surface area contributed by atoms with Gasteiger partial charge in [-0.25, -0.2) is 17.6 Å². The molecule has 0 fully saturated rings. The number of hydrogen-bond acceptors (Lipinski definition) is 6. The minimum atomic E-state index is -4.19. The zero-order chi connectivity index (χ0) is 24.0. The molecule has 0 spiro atoms. The van der Waals surface area contributed by atoms with Gasteiger partial charge in [-0.15, -0.1) is 0 Å². The second-order valence-electron chi connectivity index (χ2n) is 6.84. The molecule has 0 aliphatic rings. The lowest BCUT2D eigenvalue weighted by Crippen LogP contribution is -2.30. The average molecular weight is 467 g/mol. The molecule has 1 amide bonds. The van der Waals surface area contributed by atoms with Crippen LogP contribution >= 0.6 is 0 Å². The standard InChI is InChI=1S/C23H18FN3O5S/c1-15(22(28)26-18-8-4-6-16(12-18)14-25)32-23(29)17-7-5-9-19(13-17)33(30,31)27-21-11-3-2-10-20(21)24/h2-13,15,27H,1H3,(H,26,28). The molecule has 3 aromatic carbocycles. The van der Waals surface area contributed by atoms with Gasteiger partial charge in [0, 0.05) is 5.69 Å². The smallest absolute Gasteiger partial charge is 0.338 e. The van der Waals surface area contributed by atoms with Gasteiger partial charge < -0.3 is 10.1 Å². The molecule has 1 atom stereocenters. The number of ether oxygens (including phenoxy) is 1. The van der Waals surface area contributed by atoms with Gasteiger partial charge in [0.2, 0.25) is 0 Å². The SMILES string of the molecule is CC(OC(=O)c1cccc(S(=O)(=O)Nc2ccccc2F)c1)C(=O)Nc1cccc(C#N)c1. The molecule has 2 N–H and O–H groups in total. The van der Waals surface area contributed by atoms with Crippen LogP contribution < -0.4 is 10.0 Å². The minimum absolute atomic E-state index is 0.113. The van der Waals surface area contributed by atoms with E-state index in [2.05, 4.69) is 10.0 Å². The van der Waals surface area contributed by atoms with Crippen molar-refractivity contribution >= 4 is 33.3 Å². The lowest BCUT2D eigenvalue weighted by Gasteiger charge is -2.14. The summed E-state index contributed by atoms with van der Waals surface area (Å²) in [7, 11) is -4.19. The number of anilines is 2. The minimum Gasteiger partial charge on any atom is -0.449 e. The molecule has 0 aromatic heterocycles. The average Bonchev–Trinajstić information content (AvgIpc) is 2.80. The molecule has 3 aromatic rings. The van der Waals surface area contributed by atoms with Gasteiger partial charge in [0.1, 0.15) is 5.82 Å². The molecule has 0 saturated heterocycles. The molecule has 0 bridgehead atoms. The Labute approximate surface area is 189 Å². The van der Waals surface area contributed by atoms with E-state index in [1.165, 1.54) is 49.4 Å². The van der Waals surface area contributed by atoms with Gasteiger partial charge in [0.25, 0.3) is 15.9 Å². The van der Waals surface area contributed by atoms with Crippen LogP contribution in [0.4, 0.5) is 15.8 Å². The van der Waals surface area contributed by atoms with Crippen molar-refractivity contribution in [2.75, 3.05) is 10.0 Å². The van der Waals surface area contributed by atoms with Crippen LogP contribution in [0.15, 0.2) is 77.7 Å². The number of carbonyl (C=O) groups is 2. The highest BCUT2D eigenvalue weighted by molar-refractivity contribution is 7.92. The van der Waals surface area contributed by atoms with Crippen LogP contribution in [0.3, 0.4) is 0 Å². The van der Waals surface area contributed by atoms with E-state index in [-0.39, 0.29) is 16.1 Å². The molecule has 0 heterocycles. The van der Waals surface area contributed by atoms with Crippen molar-refractivity contribution in [1.29, 1.82) is 5.26 Å². The maximum absolute atomic E-state index is 13.8. The molecule has 10 heteroatoms. The first-order valence-electron chi connectivity index (χ1n) is 9.59. The largest absolute Gasteiger partial charge is 0.449 e. The highest BCUT2D eigenvalue weighted by atomic mass is 32.2. The zero-order valence-electron chi connectivity index (χ0n) is 17.3. The summed E-state index contributed by atoms with van der Waals surface area (Å²) in [6.07, 6.45) is -1.21. The number of hydrogen-bond donors (Lipinski definition) is 2. The molecule has 0 aliphatic heterocycles. The Kier molecular flexibility index (Phi) is 7.05. The van der Waals surface area contributed by atoms with E-state index in [1.807, 2.05) is 6.07 Å². The summed E-state index contributed by atoms with van der Waals surface area (Å²) < 4.78 is 46.3. The quantitative estimate of drug-likeness (QED) is 0.511. The lowest BCUT2D eigenvalue weighted by atomic mass is 10.2. The second-order valence-corrected chi connectivity index (χ2v) is 8.52. The predicted molar refractivity (Wildman–Crippen MR) is 118 cm³/mol. The molecule has 3 rings (SSSR count). The van der Waals surface area contributed by atoms with E-state index in [0.717, 1.165) is 12.1 Å². The van der Waals surface area contributed by atoms with Crippen LogP contribution in [-0.2, 0) is 19.6 Å². The first-order valence-corrected chi connectivity index (χ1v) is 11.1. The molecule has 0 saturated carbocycles. The summed E-state index contributed by atoms with van der Waals surface area (Å²) in [6.45, 7) is 1.35. The van der Waals surface area contributed by atoms with Crippen molar-refractivity contribution in [3.8, 4) is 6.07 Å². The molecular formula is C23H18FN3O5S. The number of carbonyl (C=O) groups excluding carboxylic acids is 2. The van der Waals surface area contributed by atoms with Crippen molar-refractivity contribution in [2.45, 2.75) is 17.9 Å². The number of amides is 1. The zero-order valence-corrected chi connectivity index (χ0v) is 18.1. The Bertz CT molecular complexity index is 1350. The number of nitrogens with one attached hydrogen (secondary N) is 2. The fourth-order valence-electron chi connectivity index (χ4n) is 2.73. The summed E-state index contributed by atoms with van der Waals surface area (Å²) >= 11 is 0. The Morgan fingerprint density at radius 3 is 2.48 bits per heavy atom. The Balaban J connectivity index is 1.70. The normalized spacial score (nSPS) is 11.7. The van der Waals surface area contributed by atoms with E-state index in [1.54, 1.807) is 18.2 Å². The van der Waals surface area contributed by atoms with Gasteiger partial charge in [0.05, 0.1) is 27.8 Å². The maximum atomic E-state index is 13.8. The third kappa shape index (κ3) is 5.93. The number of halogens is 1. The Morgan fingerprint density at radius 2 is 1.76 bits per heavy atom. The van der Waals surface area contributed by atoms with Crippen LogP contribution in [0.1, 0.15) is 22.8 Å². The highest BCUT2D eigenvalue weighted by Gasteiger charge is 2.22. The molecular weight excluding hydrogens is 449 g/mol. The molecule has 33 heavy (non-hydrogen) atoms. The molecule has 1 unspecified atom stereocenters. The van der Waals surface area contributed by atoms with E-state index in [9.17, 15) is 22.4 Å². The van der Waals surface area contributed by atoms with Crippen LogP contribution in [0, 0.1) is 17.1 Å². The third-order valence-electron chi connectivity index (χ3n) is 4.41. The summed E-state index contributed by atoms with van der Waals surface area (Å²) in [5, 5.41) is 11.5. The summed E-state index contributed by atoms with van der Waals surface area (Å²) in [6, 6.07) is 18.3. The van der Waals surface area contributed by atoms with Crippen molar-refractivity contribution in [3.63, 3.8) is 0 Å². The number of nitriles is 1. The van der Waals surface area contributed by atoms with Crippen molar-refractivity contribution < 1.29 is 27.1 Å². The number of esters is 1. The summed E-state index contributed by atoms with van der Waals surface area (Å²) in [5.74, 6) is -2.31. The fraction of sp³-hybridized carbons (Fsp3) is 0.0870. The second kappa shape index (κ2) is 9.93. The third-order valence-corrected chi connectivity index (χ3v) is 5.77. The molecule has 8 nitrogen and oxygen atoms in total. The monoisotopic (exact) mass is 467 g/mol. The van der Waals surface area contributed by atoms with E-state index < -0.39 is 33.8 Å². The lowest BCUT2D eigenvalue weighted by molar-refractivity contribution is -0.123. The molecule has 168 valence electrons. The Morgan fingerprint density at radius 1 is 1.03 bits per heavy atom. The maximum Gasteiger partial charge on any atom is 0.338 e. The predicted octanol–water partition coefficient (Wildman–Crippen LogP) is 3.68. The molecule has 0 radical (unpaired) electrons. The van der Waals surface area contributed by atoms with Gasteiger partial charge in [-0.05, 0) is 55.5 Å². The molecule has 0 aliphatic carbocycles. The van der Waals surface area contributed by atoms with Crippen molar-refractivity contribution in [1.82, 2.24) is 0 Å². The number of sulfonamides is 1. The van der Waals surface area contributed by atoms with Gasteiger partial charge >= 0.3 is 5.97 Å². The van der Waals surface area contributed by atoms with Crippen LogP contribution in [0.25, 0.3) is 0 Å². The number of rotatable bonds is 7. The summed E-state index contributed by atoms with van der Waals surface area (Å²) in [4.78, 5) is 24.5. The van der Waals surface area contributed by atoms with Crippen molar-refractivity contribution in [3.05, 3.63) is 89.7 Å². The van der Waals surface area contributed by atoms with E-state index in [0.29, 0.717) is 11.3 Å². The first-order chi connectivity index (χ1) is 15.7. The van der Waals surface area contributed by atoms with Crippen molar-refractivity contribution in [2.24, 2.45) is 0 Å². The topological polar surface area (TPSA) is 125 Å². The van der Waals surface area contributed by atoms with Gasteiger partial charge in [-0.3, -0.25) is 9.52 Å². The van der Waals surface area contributed by atoms with Gasteiger partial charge in [-0.2, -0.15) is 5.26 Å². The van der Waals surface area contributed by atoms with Crippen LogP contribution in [-0.4, -0.2) is 26.4 Å². The number of para-hydroxylation sites is 1. The fourth-order valence-corrected chi connectivity index (χ4v) is 3.84. The number of nitrogens with zero attached hydrogens (tertiary/aromatic N) is 1. The van der Waals surface area contributed by atoms with Crippen LogP contribution in [0.5, 0.6) is 0 Å². The number of benzene rings is 3. The highest BCUT2D eigenvalue weighted by Crippen LogP contribution is 2.20. The van der Waals surface area contributed by atoms with Gasteiger partial charge in [0.15, 0.2) is 6.10 Å². The first kappa shape index (κ1) is 23.4.